The van der Waals surface area contributed by atoms with Crippen LogP contribution < -0.4 is 10.6 Å². The van der Waals surface area contributed by atoms with Crippen LogP contribution in [-0.4, -0.2) is 54.9 Å². The van der Waals surface area contributed by atoms with Crippen LogP contribution in [0.5, 0.6) is 0 Å². The number of rotatable bonds is 10. The molecule has 0 atom stereocenters. The van der Waals surface area contributed by atoms with E-state index in [1.165, 1.54) is 49.9 Å². The van der Waals surface area contributed by atoms with Gasteiger partial charge in [0.25, 0.3) is 0 Å². The molecule has 0 aliphatic heterocycles. The summed E-state index contributed by atoms with van der Waals surface area (Å²) in [6, 6.07) is 0. The van der Waals surface area contributed by atoms with Crippen molar-refractivity contribution in [2.45, 2.75) is 52.5 Å². The maximum Gasteiger partial charge on any atom is 0.191 e. The van der Waals surface area contributed by atoms with E-state index in [-0.39, 0.29) is 24.0 Å². The van der Waals surface area contributed by atoms with Crippen molar-refractivity contribution >= 4 is 29.9 Å². The third-order valence-corrected chi connectivity index (χ3v) is 4.39. The van der Waals surface area contributed by atoms with E-state index in [1.54, 1.807) is 0 Å². The molecule has 1 rings (SSSR count). The molecule has 1 aromatic rings. The third-order valence-electron chi connectivity index (χ3n) is 4.39. The van der Waals surface area contributed by atoms with Crippen molar-refractivity contribution in [3.63, 3.8) is 0 Å². The molecule has 25 heavy (non-hydrogen) atoms. The fourth-order valence-corrected chi connectivity index (χ4v) is 2.76. The molecule has 146 valence electrons. The second-order valence-electron chi connectivity index (χ2n) is 6.70. The fraction of sp³-hybridized carbons (Fsp3) is 0.778. The number of nitrogens with zero attached hydrogens (tertiary/aromatic N) is 4. The first-order chi connectivity index (χ1) is 11.5. The van der Waals surface area contributed by atoms with Gasteiger partial charge in [0, 0.05) is 38.4 Å². The second kappa shape index (κ2) is 13.4. The first kappa shape index (κ1) is 24.2. The summed E-state index contributed by atoms with van der Waals surface area (Å²) >= 11 is 0. The Kier molecular flexibility index (Phi) is 12.9. The van der Waals surface area contributed by atoms with E-state index in [0.29, 0.717) is 0 Å². The van der Waals surface area contributed by atoms with Gasteiger partial charge >= 0.3 is 0 Å². The van der Waals surface area contributed by atoms with Gasteiger partial charge in [-0.25, -0.2) is 0 Å². The van der Waals surface area contributed by atoms with Crippen molar-refractivity contribution < 1.29 is 0 Å². The van der Waals surface area contributed by atoms with Crippen LogP contribution in [0.1, 0.15) is 49.1 Å². The van der Waals surface area contributed by atoms with Crippen LogP contribution in [0.25, 0.3) is 0 Å². The molecule has 0 spiro atoms. The van der Waals surface area contributed by atoms with Gasteiger partial charge in [-0.15, -0.1) is 24.0 Å². The van der Waals surface area contributed by atoms with Gasteiger partial charge in [0.1, 0.15) is 0 Å². The number of aliphatic imine (C=N–C) groups is 1. The maximum atomic E-state index is 4.45. The van der Waals surface area contributed by atoms with Gasteiger partial charge in [0.15, 0.2) is 5.96 Å². The van der Waals surface area contributed by atoms with E-state index in [2.05, 4.69) is 53.6 Å². The average molecular weight is 464 g/mol. The molecule has 2 N–H and O–H groups in total. The van der Waals surface area contributed by atoms with Gasteiger partial charge < -0.3 is 15.5 Å². The standard InChI is InChI=1S/C18H36N6.HI/c1-15-17(16(2)24(6)22-15)14-21-18(19-3)20-12-10-8-7-9-11-13-23(4)5;/h7-14H2,1-6H3,(H2,19,20,21);1H. The van der Waals surface area contributed by atoms with Crippen molar-refractivity contribution in [1.29, 1.82) is 0 Å². The van der Waals surface area contributed by atoms with Crippen LogP contribution in [-0.2, 0) is 13.6 Å². The highest BCUT2D eigenvalue weighted by Crippen LogP contribution is 2.11. The van der Waals surface area contributed by atoms with Crippen molar-refractivity contribution in [1.82, 2.24) is 25.3 Å². The van der Waals surface area contributed by atoms with Crippen LogP contribution in [0.15, 0.2) is 4.99 Å². The summed E-state index contributed by atoms with van der Waals surface area (Å²) in [6.45, 7) is 7.08. The topological polar surface area (TPSA) is 57.5 Å². The number of hydrogen-bond donors (Lipinski definition) is 2. The Labute approximate surface area is 170 Å². The molecule has 1 heterocycles. The molecule has 6 nitrogen and oxygen atoms in total. The van der Waals surface area contributed by atoms with Crippen molar-refractivity contribution in [2.24, 2.45) is 12.0 Å². The van der Waals surface area contributed by atoms with Gasteiger partial charge in [0.05, 0.1) is 5.69 Å². The fourth-order valence-electron chi connectivity index (χ4n) is 2.76. The summed E-state index contributed by atoms with van der Waals surface area (Å²) < 4.78 is 1.93. The van der Waals surface area contributed by atoms with Crippen LogP contribution in [0, 0.1) is 13.8 Å². The van der Waals surface area contributed by atoms with Gasteiger partial charge in [-0.2, -0.15) is 5.10 Å². The molecule has 0 aliphatic rings. The molecule has 0 bridgehead atoms. The Hall–Kier alpha value is -0.830. The number of aromatic nitrogens is 2. The summed E-state index contributed by atoms with van der Waals surface area (Å²) in [5.74, 6) is 0.866. The number of aryl methyl sites for hydroxylation is 2. The summed E-state index contributed by atoms with van der Waals surface area (Å²) in [5, 5.41) is 11.2. The summed E-state index contributed by atoms with van der Waals surface area (Å²) in [7, 11) is 8.07. The van der Waals surface area contributed by atoms with E-state index in [0.717, 1.165) is 24.7 Å². The number of halogens is 1. The van der Waals surface area contributed by atoms with Crippen molar-refractivity contribution in [3.8, 4) is 0 Å². The lowest BCUT2D eigenvalue weighted by atomic mass is 10.1. The van der Waals surface area contributed by atoms with Gasteiger partial charge in [-0.1, -0.05) is 19.3 Å². The molecule has 0 saturated carbocycles. The van der Waals surface area contributed by atoms with E-state index >= 15 is 0 Å². The van der Waals surface area contributed by atoms with E-state index in [1.807, 2.05) is 18.8 Å². The highest BCUT2D eigenvalue weighted by atomic mass is 127. The molecular weight excluding hydrogens is 427 g/mol. The number of unbranched alkanes of at least 4 members (excludes halogenated alkanes) is 4. The SMILES string of the molecule is CN=C(NCCCCCCCN(C)C)NCc1c(C)nn(C)c1C.I. The minimum absolute atomic E-state index is 0. The third kappa shape index (κ3) is 9.44. The van der Waals surface area contributed by atoms with Crippen LogP contribution >= 0.6 is 24.0 Å². The van der Waals surface area contributed by atoms with Crippen LogP contribution in [0.4, 0.5) is 0 Å². The minimum atomic E-state index is 0. The molecule has 0 aliphatic carbocycles. The maximum absolute atomic E-state index is 4.45. The quantitative estimate of drug-likeness (QED) is 0.242. The highest BCUT2D eigenvalue weighted by molar-refractivity contribution is 14.0. The first-order valence-corrected chi connectivity index (χ1v) is 9.04. The monoisotopic (exact) mass is 464 g/mol. The summed E-state index contributed by atoms with van der Waals surface area (Å²) in [6.07, 6.45) is 6.40. The van der Waals surface area contributed by atoms with E-state index in [9.17, 15) is 0 Å². The average Bonchev–Trinajstić information content (AvgIpc) is 2.78. The molecule has 1 aromatic heterocycles. The largest absolute Gasteiger partial charge is 0.356 e. The lowest BCUT2D eigenvalue weighted by Gasteiger charge is -2.12. The minimum Gasteiger partial charge on any atom is -0.356 e. The highest BCUT2D eigenvalue weighted by Gasteiger charge is 2.09. The lowest BCUT2D eigenvalue weighted by Crippen LogP contribution is -2.37. The Balaban J connectivity index is 0.00000576. The number of nitrogens with one attached hydrogen (secondary N) is 2. The van der Waals surface area contributed by atoms with Crippen molar-refractivity contribution in [2.75, 3.05) is 34.2 Å². The van der Waals surface area contributed by atoms with E-state index < -0.39 is 0 Å². The zero-order valence-corrected chi connectivity index (χ0v) is 19.2. The predicted molar refractivity (Wildman–Crippen MR) is 118 cm³/mol. The molecular formula is C18H37IN6. The summed E-state index contributed by atoms with van der Waals surface area (Å²) in [4.78, 5) is 6.55. The first-order valence-electron chi connectivity index (χ1n) is 9.04. The van der Waals surface area contributed by atoms with E-state index in [4.69, 9.17) is 0 Å². The smallest absolute Gasteiger partial charge is 0.191 e. The Morgan fingerprint density at radius 3 is 2.28 bits per heavy atom. The molecule has 0 aromatic carbocycles. The molecule has 0 unspecified atom stereocenters. The zero-order valence-electron chi connectivity index (χ0n) is 16.9. The van der Waals surface area contributed by atoms with Gasteiger partial charge in [-0.05, 0) is 47.3 Å². The number of guanidine groups is 1. The molecule has 0 saturated heterocycles. The second-order valence-corrected chi connectivity index (χ2v) is 6.70. The Bertz CT molecular complexity index is 510. The summed E-state index contributed by atoms with van der Waals surface area (Å²) in [5.41, 5.74) is 3.53. The molecule has 0 radical (unpaired) electrons. The van der Waals surface area contributed by atoms with Gasteiger partial charge in [0.2, 0.25) is 0 Å². The van der Waals surface area contributed by atoms with Crippen LogP contribution in [0.2, 0.25) is 0 Å². The normalized spacial score (nSPS) is 11.6. The lowest BCUT2D eigenvalue weighted by molar-refractivity contribution is 0.389. The molecule has 0 amide bonds. The van der Waals surface area contributed by atoms with Crippen LogP contribution in [0.3, 0.4) is 0 Å². The molecule has 0 fully saturated rings. The van der Waals surface area contributed by atoms with Gasteiger partial charge in [-0.3, -0.25) is 9.67 Å². The Morgan fingerprint density at radius 1 is 1.08 bits per heavy atom. The zero-order chi connectivity index (χ0) is 17.9. The number of hydrogen-bond acceptors (Lipinski definition) is 3. The van der Waals surface area contributed by atoms with Crippen molar-refractivity contribution in [3.05, 3.63) is 17.0 Å². The molecule has 7 heteroatoms. The predicted octanol–water partition coefficient (Wildman–Crippen LogP) is 2.83. The Morgan fingerprint density at radius 2 is 1.72 bits per heavy atom.